The summed E-state index contributed by atoms with van der Waals surface area (Å²) in [6, 6.07) is 0.0556. The zero-order valence-electron chi connectivity index (χ0n) is 4.71. The molecule has 3 heteroatoms. The number of aliphatic hydroxyl groups excluding tert-OH is 1. The standard InChI is InChI=1S/C5H11NO2/c6-4-1-2-8-5(4)3-7/h4-5,7H,1-3,6H2/t4-,5+/m0/s1. The summed E-state index contributed by atoms with van der Waals surface area (Å²) in [6.07, 6.45) is 0.778. The lowest BCUT2D eigenvalue weighted by Gasteiger charge is -2.08. The van der Waals surface area contributed by atoms with E-state index in [1.54, 1.807) is 0 Å². The van der Waals surface area contributed by atoms with Gasteiger partial charge < -0.3 is 15.6 Å². The van der Waals surface area contributed by atoms with Crippen molar-refractivity contribution in [3.05, 3.63) is 0 Å². The molecule has 1 rings (SSSR count). The van der Waals surface area contributed by atoms with Gasteiger partial charge in [-0.3, -0.25) is 0 Å². The highest BCUT2D eigenvalue weighted by Gasteiger charge is 2.23. The summed E-state index contributed by atoms with van der Waals surface area (Å²) < 4.78 is 5.04. The molecule has 0 radical (unpaired) electrons. The van der Waals surface area contributed by atoms with Crippen molar-refractivity contribution in [2.45, 2.75) is 18.6 Å². The summed E-state index contributed by atoms with van der Waals surface area (Å²) in [4.78, 5) is 0. The minimum absolute atomic E-state index is 0.0556. The Morgan fingerprint density at radius 1 is 1.75 bits per heavy atom. The summed E-state index contributed by atoms with van der Waals surface area (Å²) >= 11 is 0. The highest BCUT2D eigenvalue weighted by atomic mass is 16.5. The van der Waals surface area contributed by atoms with Gasteiger partial charge in [-0.15, -0.1) is 0 Å². The Morgan fingerprint density at radius 3 is 2.75 bits per heavy atom. The van der Waals surface area contributed by atoms with Crippen molar-refractivity contribution >= 4 is 0 Å². The number of ether oxygens (including phenoxy) is 1. The molecule has 2 atom stereocenters. The number of hydrogen-bond acceptors (Lipinski definition) is 3. The average Bonchev–Trinajstić information content (AvgIpc) is 2.14. The molecule has 0 unspecified atom stereocenters. The summed E-state index contributed by atoms with van der Waals surface area (Å²) in [5.74, 6) is 0. The van der Waals surface area contributed by atoms with Gasteiger partial charge in [-0.25, -0.2) is 0 Å². The predicted octanol–water partition coefficient (Wildman–Crippen LogP) is -0.905. The molecule has 0 saturated carbocycles. The van der Waals surface area contributed by atoms with Crippen LogP contribution in [0, 0.1) is 0 Å². The molecule has 0 spiro atoms. The first kappa shape index (κ1) is 6.01. The van der Waals surface area contributed by atoms with E-state index in [1.807, 2.05) is 0 Å². The molecule has 1 saturated heterocycles. The first-order valence-corrected chi connectivity index (χ1v) is 2.82. The van der Waals surface area contributed by atoms with Crippen LogP contribution in [0.3, 0.4) is 0 Å². The van der Waals surface area contributed by atoms with Crippen LogP contribution >= 0.6 is 0 Å². The van der Waals surface area contributed by atoms with E-state index in [9.17, 15) is 0 Å². The molecule has 0 aliphatic carbocycles. The van der Waals surface area contributed by atoms with Gasteiger partial charge in [0.05, 0.1) is 12.7 Å². The topological polar surface area (TPSA) is 55.5 Å². The third-order valence-corrected chi connectivity index (χ3v) is 1.44. The first-order chi connectivity index (χ1) is 3.84. The van der Waals surface area contributed by atoms with Gasteiger partial charge in [0.2, 0.25) is 0 Å². The van der Waals surface area contributed by atoms with Crippen molar-refractivity contribution in [1.82, 2.24) is 0 Å². The molecular weight excluding hydrogens is 106 g/mol. The molecule has 0 aromatic carbocycles. The molecule has 3 N–H and O–H groups in total. The summed E-state index contributed by atoms with van der Waals surface area (Å²) in [5.41, 5.74) is 5.50. The van der Waals surface area contributed by atoms with Crippen LogP contribution in [0.1, 0.15) is 6.42 Å². The van der Waals surface area contributed by atoms with Crippen molar-refractivity contribution in [2.24, 2.45) is 5.73 Å². The number of aliphatic hydroxyl groups is 1. The fourth-order valence-corrected chi connectivity index (χ4v) is 0.853. The zero-order chi connectivity index (χ0) is 5.98. The van der Waals surface area contributed by atoms with Gasteiger partial charge in [0.1, 0.15) is 0 Å². The monoisotopic (exact) mass is 117 g/mol. The van der Waals surface area contributed by atoms with Gasteiger partial charge in [-0.05, 0) is 6.42 Å². The molecule has 48 valence electrons. The molecule has 1 aliphatic rings. The maximum atomic E-state index is 8.53. The normalized spacial score (nSPS) is 38.2. The van der Waals surface area contributed by atoms with Gasteiger partial charge in [-0.2, -0.15) is 0 Å². The first-order valence-electron chi connectivity index (χ1n) is 2.82. The van der Waals surface area contributed by atoms with Crippen LogP contribution in [0.2, 0.25) is 0 Å². The SMILES string of the molecule is N[C@H]1CCO[C@@H]1CO. The third-order valence-electron chi connectivity index (χ3n) is 1.44. The van der Waals surface area contributed by atoms with E-state index in [4.69, 9.17) is 15.6 Å². The second-order valence-electron chi connectivity index (χ2n) is 2.04. The summed E-state index contributed by atoms with van der Waals surface area (Å²) in [5, 5.41) is 8.53. The lowest BCUT2D eigenvalue weighted by Crippen LogP contribution is -2.32. The molecule has 1 heterocycles. The van der Waals surface area contributed by atoms with E-state index in [1.165, 1.54) is 0 Å². The van der Waals surface area contributed by atoms with Gasteiger partial charge in [0.15, 0.2) is 0 Å². The van der Waals surface area contributed by atoms with E-state index in [0.29, 0.717) is 6.61 Å². The highest BCUT2D eigenvalue weighted by molar-refractivity contribution is 4.77. The summed E-state index contributed by atoms with van der Waals surface area (Å²) in [6.45, 7) is 0.758. The van der Waals surface area contributed by atoms with E-state index in [-0.39, 0.29) is 18.8 Å². The van der Waals surface area contributed by atoms with Crippen LogP contribution in [-0.4, -0.2) is 30.5 Å². The van der Waals surface area contributed by atoms with Crippen LogP contribution in [0.15, 0.2) is 0 Å². The smallest absolute Gasteiger partial charge is 0.0956 e. The lowest BCUT2D eigenvalue weighted by atomic mass is 10.2. The van der Waals surface area contributed by atoms with Crippen molar-refractivity contribution < 1.29 is 9.84 Å². The average molecular weight is 117 g/mol. The third kappa shape index (κ3) is 0.992. The van der Waals surface area contributed by atoms with Crippen LogP contribution in [0.4, 0.5) is 0 Å². The van der Waals surface area contributed by atoms with Crippen molar-refractivity contribution in [1.29, 1.82) is 0 Å². The summed E-state index contributed by atoms with van der Waals surface area (Å²) in [7, 11) is 0. The maximum Gasteiger partial charge on any atom is 0.0956 e. The Balaban J connectivity index is 2.30. The van der Waals surface area contributed by atoms with Crippen molar-refractivity contribution in [3.8, 4) is 0 Å². The van der Waals surface area contributed by atoms with Crippen LogP contribution in [0.5, 0.6) is 0 Å². The Hall–Kier alpha value is -0.120. The molecule has 0 aromatic heterocycles. The van der Waals surface area contributed by atoms with Gasteiger partial charge in [0.25, 0.3) is 0 Å². The zero-order valence-corrected chi connectivity index (χ0v) is 4.71. The number of hydrogen-bond donors (Lipinski definition) is 2. The van der Waals surface area contributed by atoms with Gasteiger partial charge >= 0.3 is 0 Å². The van der Waals surface area contributed by atoms with E-state index >= 15 is 0 Å². The Labute approximate surface area is 48.4 Å². The van der Waals surface area contributed by atoms with Crippen molar-refractivity contribution in [3.63, 3.8) is 0 Å². The molecule has 0 bridgehead atoms. The highest BCUT2D eigenvalue weighted by Crippen LogP contribution is 2.09. The molecule has 1 aliphatic heterocycles. The van der Waals surface area contributed by atoms with Crippen LogP contribution in [0.25, 0.3) is 0 Å². The second kappa shape index (κ2) is 2.44. The fraction of sp³-hybridized carbons (Fsp3) is 1.00. The van der Waals surface area contributed by atoms with Gasteiger partial charge in [0, 0.05) is 12.6 Å². The van der Waals surface area contributed by atoms with Crippen LogP contribution < -0.4 is 5.73 Å². The van der Waals surface area contributed by atoms with E-state index in [2.05, 4.69) is 0 Å². The van der Waals surface area contributed by atoms with Gasteiger partial charge in [-0.1, -0.05) is 0 Å². The van der Waals surface area contributed by atoms with Crippen molar-refractivity contribution in [2.75, 3.05) is 13.2 Å². The largest absolute Gasteiger partial charge is 0.394 e. The molecule has 8 heavy (non-hydrogen) atoms. The fourth-order valence-electron chi connectivity index (χ4n) is 0.853. The quantitative estimate of drug-likeness (QED) is 0.467. The maximum absolute atomic E-state index is 8.53. The molecule has 1 fully saturated rings. The molecule has 3 nitrogen and oxygen atoms in total. The molecular formula is C5H11NO2. The second-order valence-corrected chi connectivity index (χ2v) is 2.04. The minimum Gasteiger partial charge on any atom is -0.394 e. The Bertz CT molecular complexity index is 76.8. The minimum atomic E-state index is -0.102. The number of rotatable bonds is 1. The molecule has 0 amide bonds. The lowest BCUT2D eigenvalue weighted by molar-refractivity contribution is 0.0528. The van der Waals surface area contributed by atoms with Crippen LogP contribution in [-0.2, 0) is 4.74 Å². The predicted molar refractivity (Wildman–Crippen MR) is 29.4 cm³/mol. The van der Waals surface area contributed by atoms with E-state index in [0.717, 1.165) is 6.42 Å². The molecule has 0 aromatic rings. The Morgan fingerprint density at radius 2 is 2.50 bits per heavy atom. The number of nitrogens with two attached hydrogens (primary N) is 1. The van der Waals surface area contributed by atoms with E-state index < -0.39 is 0 Å². The Kier molecular flexibility index (Phi) is 1.83.